The minimum absolute atomic E-state index is 0.196. The van der Waals surface area contributed by atoms with Gasteiger partial charge in [-0.2, -0.15) is 0 Å². The summed E-state index contributed by atoms with van der Waals surface area (Å²) in [7, 11) is 0. The third-order valence-electron chi connectivity index (χ3n) is 2.94. The van der Waals surface area contributed by atoms with E-state index in [1.165, 1.54) is 6.07 Å². The fraction of sp³-hybridized carbons (Fsp3) is 0.455. The van der Waals surface area contributed by atoms with E-state index in [9.17, 15) is 4.39 Å². The van der Waals surface area contributed by atoms with Crippen LogP contribution in [0.3, 0.4) is 0 Å². The molecule has 0 bridgehead atoms. The van der Waals surface area contributed by atoms with Crippen LogP contribution in [-0.4, -0.2) is 12.4 Å². The first-order valence-electron chi connectivity index (χ1n) is 4.89. The Labute approximate surface area is 81.6 Å². The summed E-state index contributed by atoms with van der Waals surface area (Å²) in [4.78, 5) is 0. The van der Waals surface area contributed by atoms with Crippen LogP contribution in [0, 0.1) is 5.82 Å². The Kier molecular flexibility index (Phi) is 1.59. The summed E-state index contributed by atoms with van der Waals surface area (Å²) in [5.74, 6) is 0.195. The molecule has 2 nitrogen and oxygen atoms in total. The van der Waals surface area contributed by atoms with Crippen molar-refractivity contribution < 1.29 is 13.9 Å². The van der Waals surface area contributed by atoms with E-state index in [0.717, 1.165) is 37.2 Å². The van der Waals surface area contributed by atoms with Crippen LogP contribution in [0.4, 0.5) is 4.39 Å². The molecular formula is C11H11FO2. The van der Waals surface area contributed by atoms with Gasteiger partial charge in [-0.3, -0.25) is 0 Å². The van der Waals surface area contributed by atoms with Gasteiger partial charge in [0.25, 0.3) is 0 Å². The lowest BCUT2D eigenvalue weighted by molar-refractivity contribution is -0.271. The number of hydrogen-bond acceptors (Lipinski definition) is 2. The first-order chi connectivity index (χ1) is 6.77. The van der Waals surface area contributed by atoms with Crippen molar-refractivity contribution in [2.24, 2.45) is 0 Å². The van der Waals surface area contributed by atoms with Crippen LogP contribution in [0.5, 0.6) is 5.75 Å². The molecule has 1 atom stereocenters. The Bertz CT molecular complexity index is 372. The molecule has 14 heavy (non-hydrogen) atoms. The molecule has 2 heterocycles. The van der Waals surface area contributed by atoms with E-state index in [1.54, 1.807) is 12.1 Å². The van der Waals surface area contributed by atoms with E-state index in [2.05, 4.69) is 0 Å². The maximum Gasteiger partial charge on any atom is 0.213 e. The SMILES string of the molecule is Fc1ccc2c(c1)CC[C@@]1(CCO1)O2. The second-order valence-electron chi connectivity index (χ2n) is 3.86. The highest BCUT2D eigenvalue weighted by molar-refractivity contribution is 5.36. The third-order valence-corrected chi connectivity index (χ3v) is 2.94. The van der Waals surface area contributed by atoms with Crippen molar-refractivity contribution in [2.75, 3.05) is 6.61 Å². The Morgan fingerprint density at radius 1 is 1.29 bits per heavy atom. The topological polar surface area (TPSA) is 18.5 Å². The predicted octanol–water partition coefficient (Wildman–Crippen LogP) is 2.27. The molecule has 0 amide bonds. The van der Waals surface area contributed by atoms with Crippen molar-refractivity contribution >= 4 is 0 Å². The number of halogens is 1. The van der Waals surface area contributed by atoms with Crippen molar-refractivity contribution in [1.82, 2.24) is 0 Å². The molecule has 0 aromatic heterocycles. The van der Waals surface area contributed by atoms with Gasteiger partial charge in [0.15, 0.2) is 0 Å². The number of ether oxygens (including phenoxy) is 2. The summed E-state index contributed by atoms with van der Waals surface area (Å²) in [6, 6.07) is 4.66. The fourth-order valence-electron chi connectivity index (χ4n) is 2.03. The minimum atomic E-state index is -0.384. The maximum absolute atomic E-state index is 12.9. The number of hydrogen-bond donors (Lipinski definition) is 0. The standard InChI is InChI=1S/C11H11FO2/c12-9-1-2-10-8(7-9)3-4-11(14-10)5-6-13-11/h1-2,7H,3-6H2/t11-/m0/s1. The van der Waals surface area contributed by atoms with E-state index in [1.807, 2.05) is 0 Å². The van der Waals surface area contributed by atoms with Crippen molar-refractivity contribution in [1.29, 1.82) is 0 Å². The van der Waals surface area contributed by atoms with E-state index >= 15 is 0 Å². The van der Waals surface area contributed by atoms with Crippen LogP contribution in [-0.2, 0) is 11.2 Å². The number of rotatable bonds is 0. The number of benzene rings is 1. The van der Waals surface area contributed by atoms with Crippen molar-refractivity contribution in [3.8, 4) is 5.75 Å². The van der Waals surface area contributed by atoms with Gasteiger partial charge < -0.3 is 9.47 Å². The number of fused-ring (bicyclic) bond motifs is 1. The molecule has 0 aliphatic carbocycles. The zero-order valence-corrected chi connectivity index (χ0v) is 7.75. The Hall–Kier alpha value is -1.09. The van der Waals surface area contributed by atoms with Gasteiger partial charge in [0.2, 0.25) is 5.79 Å². The molecular weight excluding hydrogens is 183 g/mol. The van der Waals surface area contributed by atoms with Gasteiger partial charge in [-0.25, -0.2) is 4.39 Å². The van der Waals surface area contributed by atoms with Gasteiger partial charge in [-0.1, -0.05) is 0 Å². The fourth-order valence-corrected chi connectivity index (χ4v) is 2.03. The zero-order valence-electron chi connectivity index (χ0n) is 7.75. The summed E-state index contributed by atoms with van der Waals surface area (Å²) in [5.41, 5.74) is 0.950. The highest BCUT2D eigenvalue weighted by Crippen LogP contribution is 2.40. The summed E-state index contributed by atoms with van der Waals surface area (Å²) in [5, 5.41) is 0. The Balaban J connectivity index is 1.94. The molecule has 1 fully saturated rings. The molecule has 1 spiro atoms. The van der Waals surface area contributed by atoms with Crippen LogP contribution in [0.25, 0.3) is 0 Å². The van der Waals surface area contributed by atoms with Gasteiger partial charge in [-0.15, -0.1) is 0 Å². The molecule has 1 aromatic carbocycles. The molecule has 2 aliphatic heterocycles. The average molecular weight is 194 g/mol. The Morgan fingerprint density at radius 2 is 2.14 bits per heavy atom. The monoisotopic (exact) mass is 194 g/mol. The molecule has 0 N–H and O–H groups in total. The van der Waals surface area contributed by atoms with Crippen molar-refractivity contribution in [3.05, 3.63) is 29.6 Å². The molecule has 1 aromatic rings. The van der Waals surface area contributed by atoms with Gasteiger partial charge in [0.05, 0.1) is 6.61 Å². The lowest BCUT2D eigenvalue weighted by Gasteiger charge is -2.44. The van der Waals surface area contributed by atoms with Crippen LogP contribution in [0.15, 0.2) is 18.2 Å². The van der Waals surface area contributed by atoms with E-state index in [-0.39, 0.29) is 11.6 Å². The van der Waals surface area contributed by atoms with E-state index in [0.29, 0.717) is 0 Å². The average Bonchev–Trinajstić information content (AvgIpc) is 2.15. The van der Waals surface area contributed by atoms with Crippen LogP contribution >= 0.6 is 0 Å². The first-order valence-corrected chi connectivity index (χ1v) is 4.89. The van der Waals surface area contributed by atoms with E-state index < -0.39 is 0 Å². The largest absolute Gasteiger partial charge is 0.462 e. The molecule has 3 rings (SSSR count). The van der Waals surface area contributed by atoms with Crippen LogP contribution in [0.1, 0.15) is 18.4 Å². The normalized spacial score (nSPS) is 29.2. The summed E-state index contributed by atoms with van der Waals surface area (Å²) in [6.45, 7) is 0.774. The molecule has 0 unspecified atom stereocenters. The van der Waals surface area contributed by atoms with Crippen molar-refractivity contribution in [2.45, 2.75) is 25.0 Å². The summed E-state index contributed by atoms with van der Waals surface area (Å²) >= 11 is 0. The van der Waals surface area contributed by atoms with Crippen LogP contribution in [0.2, 0.25) is 0 Å². The molecule has 3 heteroatoms. The van der Waals surface area contributed by atoms with E-state index in [4.69, 9.17) is 9.47 Å². The van der Waals surface area contributed by atoms with Crippen molar-refractivity contribution in [3.63, 3.8) is 0 Å². The van der Waals surface area contributed by atoms with Gasteiger partial charge in [0, 0.05) is 12.8 Å². The highest BCUT2D eigenvalue weighted by Gasteiger charge is 2.43. The Morgan fingerprint density at radius 3 is 2.86 bits per heavy atom. The zero-order chi connectivity index (χ0) is 9.60. The molecule has 0 radical (unpaired) electrons. The van der Waals surface area contributed by atoms with Gasteiger partial charge in [0.1, 0.15) is 11.6 Å². The summed E-state index contributed by atoms with van der Waals surface area (Å²) < 4.78 is 24.0. The first kappa shape index (κ1) is 8.24. The molecule has 0 saturated carbocycles. The smallest absolute Gasteiger partial charge is 0.213 e. The lowest BCUT2D eigenvalue weighted by atomic mass is 9.95. The quantitative estimate of drug-likeness (QED) is 0.630. The second kappa shape index (κ2) is 2.70. The minimum Gasteiger partial charge on any atom is -0.462 e. The number of aryl methyl sites for hydroxylation is 1. The molecule has 1 saturated heterocycles. The molecule has 74 valence electrons. The van der Waals surface area contributed by atoms with Gasteiger partial charge in [-0.05, 0) is 30.2 Å². The summed E-state index contributed by atoms with van der Waals surface area (Å²) in [6.07, 6.45) is 2.63. The highest BCUT2D eigenvalue weighted by atomic mass is 19.1. The molecule has 2 aliphatic rings. The second-order valence-corrected chi connectivity index (χ2v) is 3.86. The van der Waals surface area contributed by atoms with Crippen LogP contribution < -0.4 is 4.74 Å². The lowest BCUT2D eigenvalue weighted by Crippen LogP contribution is -2.51. The third kappa shape index (κ3) is 1.12. The predicted molar refractivity (Wildman–Crippen MR) is 48.6 cm³/mol. The maximum atomic E-state index is 12.9. The van der Waals surface area contributed by atoms with Gasteiger partial charge >= 0.3 is 0 Å².